The van der Waals surface area contributed by atoms with Crippen LogP contribution >= 0.6 is 12.4 Å². The molecule has 0 spiro atoms. The molecule has 1 heterocycles. The Balaban J connectivity index is 0.00000220. The topological polar surface area (TPSA) is 89.4 Å². The molecule has 2 unspecified atom stereocenters. The maximum atomic E-state index is 12.6. The van der Waals surface area contributed by atoms with Gasteiger partial charge in [0.15, 0.2) is 0 Å². The summed E-state index contributed by atoms with van der Waals surface area (Å²) in [4.78, 5) is 25.6. The quantitative estimate of drug-likeness (QED) is 0.873. The van der Waals surface area contributed by atoms with E-state index in [1.165, 1.54) is 0 Å². The van der Waals surface area contributed by atoms with Crippen molar-refractivity contribution in [1.82, 2.24) is 4.90 Å². The van der Waals surface area contributed by atoms with E-state index in [9.17, 15) is 9.59 Å². The summed E-state index contributed by atoms with van der Waals surface area (Å²) in [6.45, 7) is 2.70. The van der Waals surface area contributed by atoms with Gasteiger partial charge in [0.25, 0.3) is 0 Å². The van der Waals surface area contributed by atoms with Gasteiger partial charge in [-0.2, -0.15) is 0 Å². The van der Waals surface area contributed by atoms with Crippen molar-refractivity contribution in [3.05, 3.63) is 35.9 Å². The van der Waals surface area contributed by atoms with Gasteiger partial charge in [-0.05, 0) is 25.3 Å². The highest BCUT2D eigenvalue weighted by Gasteiger charge is 2.37. The molecule has 5 nitrogen and oxygen atoms in total. The largest absolute Gasteiger partial charge is 0.369 e. The minimum Gasteiger partial charge on any atom is -0.369 e. The second-order valence-electron chi connectivity index (χ2n) is 5.56. The summed E-state index contributed by atoms with van der Waals surface area (Å²) in [5.41, 5.74) is 11.3. The molecule has 0 saturated carbocycles. The van der Waals surface area contributed by atoms with Gasteiger partial charge in [0, 0.05) is 13.1 Å². The number of hydrogen-bond donors (Lipinski definition) is 2. The van der Waals surface area contributed by atoms with Crippen LogP contribution in [0.4, 0.5) is 0 Å². The summed E-state index contributed by atoms with van der Waals surface area (Å²) in [5, 5.41) is 0. The fourth-order valence-corrected chi connectivity index (χ4v) is 2.63. The molecule has 2 rings (SSSR count). The molecule has 1 aliphatic heterocycles. The first-order valence-corrected chi connectivity index (χ1v) is 6.86. The average Bonchev–Trinajstić information content (AvgIpc) is 2.47. The third kappa shape index (κ3) is 3.74. The lowest BCUT2D eigenvalue weighted by Crippen LogP contribution is -2.54. The first kappa shape index (κ1) is 17.5. The molecule has 116 valence electrons. The number of halogens is 1. The molecule has 1 fully saturated rings. The number of nitrogens with zero attached hydrogens (tertiary/aromatic N) is 1. The second-order valence-corrected chi connectivity index (χ2v) is 5.56. The first-order chi connectivity index (χ1) is 9.43. The van der Waals surface area contributed by atoms with Gasteiger partial charge in [-0.3, -0.25) is 9.59 Å². The predicted molar refractivity (Wildman–Crippen MR) is 83.7 cm³/mol. The van der Waals surface area contributed by atoms with Crippen LogP contribution in [0.15, 0.2) is 30.3 Å². The number of piperidine rings is 1. The van der Waals surface area contributed by atoms with E-state index in [-0.39, 0.29) is 30.1 Å². The van der Waals surface area contributed by atoms with E-state index in [0.29, 0.717) is 13.1 Å². The lowest BCUT2D eigenvalue weighted by Gasteiger charge is -2.36. The molecule has 1 aromatic carbocycles. The normalized spacial score (nSPS) is 21.0. The molecule has 0 aliphatic carbocycles. The molecule has 1 saturated heterocycles. The molecule has 1 aromatic rings. The van der Waals surface area contributed by atoms with Gasteiger partial charge in [-0.25, -0.2) is 0 Å². The Bertz CT molecular complexity index is 505. The molecule has 21 heavy (non-hydrogen) atoms. The number of primary amides is 1. The fourth-order valence-electron chi connectivity index (χ4n) is 2.63. The highest BCUT2D eigenvalue weighted by Crippen LogP contribution is 2.24. The molecular weight excluding hydrogens is 290 g/mol. The molecule has 4 N–H and O–H groups in total. The SMILES string of the molecule is CC(N)(C(=O)N1CCCC(C(N)=O)C1)c1ccccc1.Cl. The molecule has 1 aliphatic rings. The molecule has 0 bridgehead atoms. The van der Waals surface area contributed by atoms with E-state index in [1.807, 2.05) is 30.3 Å². The van der Waals surface area contributed by atoms with Gasteiger partial charge in [0.2, 0.25) is 11.8 Å². The summed E-state index contributed by atoms with van der Waals surface area (Å²) in [5.74, 6) is -0.769. The van der Waals surface area contributed by atoms with Crippen molar-refractivity contribution in [1.29, 1.82) is 0 Å². The van der Waals surface area contributed by atoms with Gasteiger partial charge >= 0.3 is 0 Å². The number of likely N-dealkylation sites (tertiary alicyclic amines) is 1. The maximum absolute atomic E-state index is 12.6. The summed E-state index contributed by atoms with van der Waals surface area (Å²) < 4.78 is 0. The maximum Gasteiger partial charge on any atom is 0.246 e. The van der Waals surface area contributed by atoms with Crippen LogP contribution in [0.3, 0.4) is 0 Å². The summed E-state index contributed by atoms with van der Waals surface area (Å²) >= 11 is 0. The van der Waals surface area contributed by atoms with Gasteiger partial charge in [0.05, 0.1) is 5.92 Å². The van der Waals surface area contributed by atoms with Crippen LogP contribution in [-0.2, 0) is 15.1 Å². The summed E-state index contributed by atoms with van der Waals surface area (Å²) in [6, 6.07) is 9.28. The molecule has 2 amide bonds. The number of carbonyl (C=O) groups is 2. The third-order valence-corrected chi connectivity index (χ3v) is 3.93. The Kier molecular flexibility index (Phi) is 5.75. The summed E-state index contributed by atoms with van der Waals surface area (Å²) in [6.07, 6.45) is 1.52. The first-order valence-electron chi connectivity index (χ1n) is 6.86. The van der Waals surface area contributed by atoms with Crippen LogP contribution in [0.25, 0.3) is 0 Å². The van der Waals surface area contributed by atoms with E-state index >= 15 is 0 Å². The van der Waals surface area contributed by atoms with E-state index in [2.05, 4.69) is 0 Å². The van der Waals surface area contributed by atoms with Crippen molar-refractivity contribution in [3.63, 3.8) is 0 Å². The number of benzene rings is 1. The Morgan fingerprint density at radius 2 is 1.90 bits per heavy atom. The predicted octanol–water partition coefficient (Wildman–Crippen LogP) is 1.01. The number of carbonyl (C=O) groups excluding carboxylic acids is 2. The van der Waals surface area contributed by atoms with Crippen molar-refractivity contribution in [3.8, 4) is 0 Å². The van der Waals surface area contributed by atoms with E-state index in [0.717, 1.165) is 18.4 Å². The Hall–Kier alpha value is -1.59. The average molecular weight is 312 g/mol. The van der Waals surface area contributed by atoms with Crippen molar-refractivity contribution in [2.75, 3.05) is 13.1 Å². The zero-order valence-corrected chi connectivity index (χ0v) is 12.9. The fraction of sp³-hybridized carbons (Fsp3) is 0.467. The lowest BCUT2D eigenvalue weighted by molar-refractivity contribution is -0.140. The van der Waals surface area contributed by atoms with E-state index in [4.69, 9.17) is 11.5 Å². The lowest BCUT2D eigenvalue weighted by atomic mass is 9.89. The van der Waals surface area contributed by atoms with Crippen molar-refractivity contribution >= 4 is 24.2 Å². The van der Waals surface area contributed by atoms with Gasteiger partial charge in [0.1, 0.15) is 5.54 Å². The van der Waals surface area contributed by atoms with Crippen molar-refractivity contribution < 1.29 is 9.59 Å². The van der Waals surface area contributed by atoms with Gasteiger partial charge in [-0.15, -0.1) is 12.4 Å². The van der Waals surface area contributed by atoms with Crippen LogP contribution in [0.2, 0.25) is 0 Å². The minimum atomic E-state index is -1.08. The number of rotatable bonds is 3. The zero-order valence-electron chi connectivity index (χ0n) is 12.1. The monoisotopic (exact) mass is 311 g/mol. The molecule has 6 heteroatoms. The van der Waals surface area contributed by atoms with Crippen LogP contribution in [0.5, 0.6) is 0 Å². The van der Waals surface area contributed by atoms with Gasteiger partial charge < -0.3 is 16.4 Å². The zero-order chi connectivity index (χ0) is 14.8. The Morgan fingerprint density at radius 1 is 1.29 bits per heavy atom. The van der Waals surface area contributed by atoms with Crippen LogP contribution in [-0.4, -0.2) is 29.8 Å². The number of hydrogen-bond acceptors (Lipinski definition) is 3. The standard InChI is InChI=1S/C15H21N3O2.ClH/c1-15(17,12-7-3-2-4-8-12)14(20)18-9-5-6-11(10-18)13(16)19;/h2-4,7-8,11H,5-6,9-10,17H2,1H3,(H2,16,19);1H. The van der Waals surface area contributed by atoms with Crippen molar-refractivity contribution in [2.45, 2.75) is 25.3 Å². The Morgan fingerprint density at radius 3 is 2.48 bits per heavy atom. The number of nitrogens with two attached hydrogens (primary N) is 2. The molecule has 2 atom stereocenters. The van der Waals surface area contributed by atoms with E-state index in [1.54, 1.807) is 11.8 Å². The highest BCUT2D eigenvalue weighted by molar-refractivity contribution is 5.88. The highest BCUT2D eigenvalue weighted by atomic mass is 35.5. The molecular formula is C15H22ClN3O2. The second kappa shape index (κ2) is 6.91. The third-order valence-electron chi connectivity index (χ3n) is 3.93. The minimum absolute atomic E-state index is 0. The van der Waals surface area contributed by atoms with E-state index < -0.39 is 5.54 Å². The molecule has 0 aromatic heterocycles. The van der Waals surface area contributed by atoms with Crippen LogP contribution < -0.4 is 11.5 Å². The summed E-state index contributed by atoms with van der Waals surface area (Å²) in [7, 11) is 0. The Labute approximate surface area is 131 Å². The molecule has 0 radical (unpaired) electrons. The smallest absolute Gasteiger partial charge is 0.246 e. The number of amides is 2. The van der Waals surface area contributed by atoms with Crippen LogP contribution in [0.1, 0.15) is 25.3 Å². The van der Waals surface area contributed by atoms with Crippen LogP contribution in [0, 0.1) is 5.92 Å². The van der Waals surface area contributed by atoms with Gasteiger partial charge in [-0.1, -0.05) is 30.3 Å². The van der Waals surface area contributed by atoms with Crippen molar-refractivity contribution in [2.24, 2.45) is 17.4 Å².